The van der Waals surface area contributed by atoms with Gasteiger partial charge < -0.3 is 10.5 Å². The van der Waals surface area contributed by atoms with Crippen LogP contribution in [0.25, 0.3) is 10.8 Å². The van der Waals surface area contributed by atoms with Crippen molar-refractivity contribution in [3.8, 4) is 5.75 Å². The number of ketones is 1. The van der Waals surface area contributed by atoms with E-state index in [1.54, 1.807) is 24.3 Å². The number of Topliss-reactive ketones (excluding diaryl/α,β-unsaturated/α-hetero) is 1. The number of benzene rings is 3. The Kier molecular flexibility index (Phi) is 3.56. The van der Waals surface area contributed by atoms with Gasteiger partial charge in [-0.3, -0.25) is 4.79 Å². The van der Waals surface area contributed by atoms with Gasteiger partial charge in [0.25, 0.3) is 0 Å². The zero-order chi connectivity index (χ0) is 14.7. The third-order valence-electron chi connectivity index (χ3n) is 3.32. The maximum Gasteiger partial charge on any atom is 0.200 e. The number of anilines is 1. The number of ether oxygens (including phenoxy) is 1. The Balaban J connectivity index is 1.73. The quantitative estimate of drug-likeness (QED) is 0.584. The molecule has 0 heterocycles. The van der Waals surface area contributed by atoms with E-state index in [1.165, 1.54) is 0 Å². The molecule has 0 aromatic heterocycles. The minimum absolute atomic E-state index is 0.0161. The Hall–Kier alpha value is -2.81. The third-order valence-corrected chi connectivity index (χ3v) is 3.32. The van der Waals surface area contributed by atoms with Crippen LogP contribution in [0.2, 0.25) is 0 Å². The first-order valence-electron chi connectivity index (χ1n) is 6.73. The van der Waals surface area contributed by atoms with E-state index in [4.69, 9.17) is 10.5 Å². The van der Waals surface area contributed by atoms with Crippen LogP contribution in [0, 0.1) is 0 Å². The zero-order valence-electron chi connectivity index (χ0n) is 11.5. The van der Waals surface area contributed by atoms with Crippen molar-refractivity contribution in [3.05, 3.63) is 72.3 Å². The lowest BCUT2D eigenvalue weighted by atomic mass is 10.0. The smallest absolute Gasteiger partial charge is 0.200 e. The number of fused-ring (bicyclic) bond motifs is 1. The van der Waals surface area contributed by atoms with E-state index < -0.39 is 0 Å². The molecular formula is C18H15NO2. The van der Waals surface area contributed by atoms with Gasteiger partial charge in [0, 0.05) is 11.3 Å². The van der Waals surface area contributed by atoms with Crippen molar-refractivity contribution >= 4 is 22.2 Å². The number of hydrogen-bond acceptors (Lipinski definition) is 3. The first-order chi connectivity index (χ1) is 10.2. The van der Waals surface area contributed by atoms with E-state index >= 15 is 0 Å². The Morgan fingerprint density at radius 3 is 2.38 bits per heavy atom. The topological polar surface area (TPSA) is 52.3 Å². The van der Waals surface area contributed by atoms with Crippen LogP contribution in [-0.4, -0.2) is 12.4 Å². The van der Waals surface area contributed by atoms with Crippen molar-refractivity contribution in [2.45, 2.75) is 0 Å². The van der Waals surface area contributed by atoms with Crippen LogP contribution in [0.4, 0.5) is 5.69 Å². The van der Waals surface area contributed by atoms with E-state index in [0.29, 0.717) is 17.0 Å². The molecule has 3 aromatic rings. The number of hydrogen-bond donors (Lipinski definition) is 1. The van der Waals surface area contributed by atoms with E-state index in [2.05, 4.69) is 0 Å². The van der Waals surface area contributed by atoms with Gasteiger partial charge in [0.1, 0.15) is 5.75 Å². The summed E-state index contributed by atoms with van der Waals surface area (Å²) in [6.07, 6.45) is 0. The second kappa shape index (κ2) is 5.67. The molecule has 0 aliphatic heterocycles. The molecule has 3 nitrogen and oxygen atoms in total. The first kappa shape index (κ1) is 13.2. The summed E-state index contributed by atoms with van der Waals surface area (Å²) < 4.78 is 5.48. The van der Waals surface area contributed by atoms with Crippen molar-refractivity contribution < 1.29 is 9.53 Å². The lowest BCUT2D eigenvalue weighted by molar-refractivity contribution is 0.0921. The lowest BCUT2D eigenvalue weighted by Gasteiger charge is -2.06. The second-order valence-corrected chi connectivity index (χ2v) is 4.84. The van der Waals surface area contributed by atoms with Gasteiger partial charge in [0.15, 0.2) is 12.4 Å². The highest BCUT2D eigenvalue weighted by Gasteiger charge is 2.07. The summed E-state index contributed by atoms with van der Waals surface area (Å²) >= 11 is 0. The molecule has 0 radical (unpaired) electrons. The molecule has 0 unspecified atom stereocenters. The molecule has 0 amide bonds. The van der Waals surface area contributed by atoms with E-state index in [0.717, 1.165) is 10.8 Å². The SMILES string of the molecule is Nc1ccc(OCC(=O)c2ccc3ccccc3c2)cc1. The molecule has 3 heteroatoms. The average Bonchev–Trinajstić information content (AvgIpc) is 2.53. The second-order valence-electron chi connectivity index (χ2n) is 4.84. The summed E-state index contributed by atoms with van der Waals surface area (Å²) in [5, 5.41) is 2.17. The fourth-order valence-electron chi connectivity index (χ4n) is 2.16. The van der Waals surface area contributed by atoms with Crippen LogP contribution in [0.5, 0.6) is 5.75 Å². The van der Waals surface area contributed by atoms with Crippen molar-refractivity contribution in [1.29, 1.82) is 0 Å². The summed E-state index contributed by atoms with van der Waals surface area (Å²) in [5.74, 6) is 0.593. The fourth-order valence-corrected chi connectivity index (χ4v) is 2.16. The Bertz CT molecular complexity index is 779. The average molecular weight is 277 g/mol. The van der Waals surface area contributed by atoms with Crippen LogP contribution in [0.15, 0.2) is 66.7 Å². The van der Waals surface area contributed by atoms with E-state index in [9.17, 15) is 4.79 Å². The number of nitrogens with two attached hydrogens (primary N) is 1. The van der Waals surface area contributed by atoms with Crippen molar-refractivity contribution in [2.24, 2.45) is 0 Å². The summed E-state index contributed by atoms with van der Waals surface area (Å²) in [7, 11) is 0. The summed E-state index contributed by atoms with van der Waals surface area (Å²) in [6, 6.07) is 20.6. The van der Waals surface area contributed by atoms with E-state index in [-0.39, 0.29) is 12.4 Å². The van der Waals surface area contributed by atoms with Gasteiger partial charge in [-0.2, -0.15) is 0 Å². The van der Waals surface area contributed by atoms with Crippen LogP contribution in [-0.2, 0) is 0 Å². The molecule has 0 aliphatic carbocycles. The van der Waals surface area contributed by atoms with Gasteiger partial charge in [-0.15, -0.1) is 0 Å². The standard InChI is InChI=1S/C18H15NO2/c19-16-7-9-17(10-8-16)21-12-18(20)15-6-5-13-3-1-2-4-14(13)11-15/h1-11H,12,19H2. The molecule has 0 aliphatic rings. The van der Waals surface area contributed by atoms with Crippen LogP contribution in [0.1, 0.15) is 10.4 Å². The molecule has 3 aromatic carbocycles. The first-order valence-corrected chi connectivity index (χ1v) is 6.73. The number of carbonyl (C=O) groups is 1. The van der Waals surface area contributed by atoms with Gasteiger partial charge in [-0.05, 0) is 41.1 Å². The van der Waals surface area contributed by atoms with Crippen molar-refractivity contribution in [2.75, 3.05) is 12.3 Å². The summed E-state index contributed by atoms with van der Waals surface area (Å²) in [6.45, 7) is 0.0161. The fraction of sp³-hybridized carbons (Fsp3) is 0.0556. The van der Waals surface area contributed by atoms with Gasteiger partial charge >= 0.3 is 0 Å². The lowest BCUT2D eigenvalue weighted by Crippen LogP contribution is -2.11. The molecular weight excluding hydrogens is 262 g/mol. The Labute approximate surface area is 123 Å². The maximum atomic E-state index is 12.2. The largest absolute Gasteiger partial charge is 0.485 e. The molecule has 0 bridgehead atoms. The predicted molar refractivity (Wildman–Crippen MR) is 84.6 cm³/mol. The third kappa shape index (κ3) is 3.03. The number of nitrogen functional groups attached to an aromatic ring is 1. The molecule has 0 spiro atoms. The van der Waals surface area contributed by atoms with Gasteiger partial charge in [0.05, 0.1) is 0 Å². The molecule has 104 valence electrons. The molecule has 3 rings (SSSR count). The van der Waals surface area contributed by atoms with Crippen LogP contribution in [0.3, 0.4) is 0 Å². The highest BCUT2D eigenvalue weighted by molar-refractivity contribution is 6.00. The molecule has 21 heavy (non-hydrogen) atoms. The van der Waals surface area contributed by atoms with Gasteiger partial charge in [0.2, 0.25) is 0 Å². The van der Waals surface area contributed by atoms with Crippen molar-refractivity contribution in [1.82, 2.24) is 0 Å². The van der Waals surface area contributed by atoms with Crippen LogP contribution >= 0.6 is 0 Å². The summed E-state index contributed by atoms with van der Waals surface area (Å²) in [5.41, 5.74) is 6.93. The zero-order valence-corrected chi connectivity index (χ0v) is 11.5. The summed E-state index contributed by atoms with van der Waals surface area (Å²) in [4.78, 5) is 12.2. The molecule has 0 fully saturated rings. The maximum absolute atomic E-state index is 12.2. The highest BCUT2D eigenvalue weighted by atomic mass is 16.5. The molecule has 2 N–H and O–H groups in total. The Morgan fingerprint density at radius 1 is 0.905 bits per heavy atom. The predicted octanol–water partition coefficient (Wildman–Crippen LogP) is 3.68. The highest BCUT2D eigenvalue weighted by Crippen LogP contribution is 2.17. The monoisotopic (exact) mass is 277 g/mol. The minimum Gasteiger partial charge on any atom is -0.485 e. The Morgan fingerprint density at radius 2 is 1.62 bits per heavy atom. The van der Waals surface area contributed by atoms with Gasteiger partial charge in [-0.25, -0.2) is 0 Å². The minimum atomic E-state index is -0.0439. The normalized spacial score (nSPS) is 10.5. The van der Waals surface area contributed by atoms with Crippen LogP contribution < -0.4 is 10.5 Å². The van der Waals surface area contributed by atoms with Crippen molar-refractivity contribution in [3.63, 3.8) is 0 Å². The van der Waals surface area contributed by atoms with E-state index in [1.807, 2.05) is 42.5 Å². The molecule has 0 saturated heterocycles. The number of rotatable bonds is 4. The number of carbonyl (C=O) groups excluding carboxylic acids is 1. The van der Waals surface area contributed by atoms with Gasteiger partial charge in [-0.1, -0.05) is 36.4 Å². The molecule has 0 saturated carbocycles. The molecule has 0 atom stereocenters.